The van der Waals surface area contributed by atoms with E-state index in [-0.39, 0.29) is 0 Å². The van der Waals surface area contributed by atoms with E-state index in [1.165, 1.54) is 0 Å². The van der Waals surface area contributed by atoms with Gasteiger partial charge in [0.25, 0.3) is 0 Å². The molecule has 5 heteroatoms. The zero-order valence-electron chi connectivity index (χ0n) is 10.2. The SMILES string of the molecule is Cc1cccc(-c2onc(N)c2-c2cccs2)c1Br. The minimum Gasteiger partial charge on any atom is -0.380 e. The molecule has 1 aromatic carbocycles. The molecule has 96 valence electrons. The molecule has 0 amide bonds. The molecule has 3 rings (SSSR count). The molecule has 0 aliphatic heterocycles. The van der Waals surface area contributed by atoms with Crippen LogP contribution in [0.4, 0.5) is 5.82 Å². The Morgan fingerprint density at radius 3 is 2.84 bits per heavy atom. The standard InChI is InChI=1S/C14H11BrN2OS/c1-8-4-2-5-9(12(8)15)13-11(14(16)17-18-13)10-6-3-7-19-10/h2-7H,1H3,(H2,16,17). The van der Waals surface area contributed by atoms with Crippen molar-refractivity contribution in [3.63, 3.8) is 0 Å². The second-order valence-corrected chi connectivity index (χ2v) is 5.93. The minimum atomic E-state index is 0.422. The number of benzene rings is 1. The van der Waals surface area contributed by atoms with Crippen LogP contribution in [0, 0.1) is 6.92 Å². The predicted molar refractivity (Wildman–Crippen MR) is 82.1 cm³/mol. The van der Waals surface area contributed by atoms with Gasteiger partial charge in [-0.2, -0.15) is 0 Å². The van der Waals surface area contributed by atoms with Gasteiger partial charge >= 0.3 is 0 Å². The number of aryl methyl sites for hydroxylation is 1. The number of halogens is 1. The van der Waals surface area contributed by atoms with Crippen LogP contribution in [-0.4, -0.2) is 5.16 Å². The highest BCUT2D eigenvalue weighted by molar-refractivity contribution is 9.10. The van der Waals surface area contributed by atoms with Crippen LogP contribution in [0.5, 0.6) is 0 Å². The summed E-state index contributed by atoms with van der Waals surface area (Å²) in [5.74, 6) is 1.13. The Hall–Kier alpha value is -1.59. The summed E-state index contributed by atoms with van der Waals surface area (Å²) in [6.07, 6.45) is 0. The van der Waals surface area contributed by atoms with E-state index < -0.39 is 0 Å². The molecule has 0 unspecified atom stereocenters. The van der Waals surface area contributed by atoms with Crippen LogP contribution in [0.25, 0.3) is 21.8 Å². The van der Waals surface area contributed by atoms with E-state index in [0.717, 1.165) is 26.0 Å². The topological polar surface area (TPSA) is 52.0 Å². The van der Waals surface area contributed by atoms with E-state index in [1.807, 2.05) is 42.6 Å². The molecule has 0 aliphatic carbocycles. The van der Waals surface area contributed by atoms with E-state index in [9.17, 15) is 0 Å². The van der Waals surface area contributed by atoms with Crippen molar-refractivity contribution < 1.29 is 4.52 Å². The maximum atomic E-state index is 5.94. The third kappa shape index (κ3) is 2.09. The fraction of sp³-hybridized carbons (Fsp3) is 0.0714. The molecule has 0 bridgehead atoms. The zero-order valence-corrected chi connectivity index (χ0v) is 12.6. The number of anilines is 1. The first-order valence-electron chi connectivity index (χ1n) is 5.73. The Morgan fingerprint density at radius 1 is 1.26 bits per heavy atom. The summed E-state index contributed by atoms with van der Waals surface area (Å²) in [4.78, 5) is 1.06. The van der Waals surface area contributed by atoms with Crippen molar-refractivity contribution >= 4 is 33.1 Å². The highest BCUT2D eigenvalue weighted by Crippen LogP contribution is 2.41. The Bertz CT molecular complexity index is 719. The van der Waals surface area contributed by atoms with Crippen LogP contribution >= 0.6 is 27.3 Å². The van der Waals surface area contributed by atoms with Gasteiger partial charge in [-0.15, -0.1) is 11.3 Å². The number of nitrogens with zero attached hydrogens (tertiary/aromatic N) is 1. The highest BCUT2D eigenvalue weighted by atomic mass is 79.9. The van der Waals surface area contributed by atoms with E-state index in [0.29, 0.717) is 11.6 Å². The number of nitrogen functional groups attached to an aromatic ring is 1. The molecule has 0 saturated carbocycles. The molecule has 2 N–H and O–H groups in total. The zero-order chi connectivity index (χ0) is 13.4. The third-order valence-electron chi connectivity index (χ3n) is 2.92. The lowest BCUT2D eigenvalue weighted by Gasteiger charge is -2.05. The predicted octanol–water partition coefficient (Wildman–Crippen LogP) is 4.72. The van der Waals surface area contributed by atoms with Gasteiger partial charge in [0, 0.05) is 14.9 Å². The summed E-state index contributed by atoms with van der Waals surface area (Å²) >= 11 is 5.22. The van der Waals surface area contributed by atoms with Gasteiger partial charge in [0.2, 0.25) is 0 Å². The molecule has 2 aromatic heterocycles. The fourth-order valence-electron chi connectivity index (χ4n) is 1.97. The van der Waals surface area contributed by atoms with Crippen molar-refractivity contribution in [1.82, 2.24) is 5.16 Å². The molecule has 0 spiro atoms. The Morgan fingerprint density at radius 2 is 2.11 bits per heavy atom. The average molecular weight is 335 g/mol. The molecule has 2 heterocycles. The third-order valence-corrected chi connectivity index (χ3v) is 4.86. The molecule has 3 nitrogen and oxygen atoms in total. The van der Waals surface area contributed by atoms with Crippen LogP contribution in [0.2, 0.25) is 0 Å². The number of hydrogen-bond acceptors (Lipinski definition) is 4. The Kier molecular flexibility index (Phi) is 3.16. The molecule has 0 atom stereocenters. The first-order chi connectivity index (χ1) is 9.18. The minimum absolute atomic E-state index is 0.422. The van der Waals surface area contributed by atoms with Gasteiger partial charge < -0.3 is 10.3 Å². The van der Waals surface area contributed by atoms with E-state index in [4.69, 9.17) is 10.3 Å². The number of aromatic nitrogens is 1. The molecule has 0 aliphatic rings. The Labute approximate surface area is 123 Å². The van der Waals surface area contributed by atoms with Crippen molar-refractivity contribution in [3.05, 3.63) is 45.7 Å². The van der Waals surface area contributed by atoms with Gasteiger partial charge in [-0.3, -0.25) is 0 Å². The fourth-order valence-corrected chi connectivity index (χ4v) is 3.19. The summed E-state index contributed by atoms with van der Waals surface area (Å²) in [6, 6.07) is 10.0. The number of hydrogen-bond donors (Lipinski definition) is 1. The normalized spacial score (nSPS) is 10.8. The summed E-state index contributed by atoms with van der Waals surface area (Å²) in [5.41, 5.74) is 8.92. The molecule has 3 aromatic rings. The van der Waals surface area contributed by atoms with Crippen LogP contribution in [-0.2, 0) is 0 Å². The first-order valence-corrected chi connectivity index (χ1v) is 7.40. The quantitative estimate of drug-likeness (QED) is 0.737. The van der Waals surface area contributed by atoms with Gasteiger partial charge in [0.15, 0.2) is 11.6 Å². The lowest BCUT2D eigenvalue weighted by molar-refractivity contribution is 0.436. The van der Waals surface area contributed by atoms with Gasteiger partial charge in [0.05, 0.1) is 5.56 Å². The smallest absolute Gasteiger partial charge is 0.178 e. The molecule has 0 saturated heterocycles. The second kappa shape index (κ2) is 4.83. The van der Waals surface area contributed by atoms with Crippen LogP contribution in [0.3, 0.4) is 0 Å². The maximum absolute atomic E-state index is 5.94. The summed E-state index contributed by atoms with van der Waals surface area (Å²) in [7, 11) is 0. The van der Waals surface area contributed by atoms with E-state index in [1.54, 1.807) is 11.3 Å². The van der Waals surface area contributed by atoms with Gasteiger partial charge in [-0.05, 0) is 45.9 Å². The molecular weight excluding hydrogens is 324 g/mol. The van der Waals surface area contributed by atoms with Crippen molar-refractivity contribution in [3.8, 4) is 21.8 Å². The van der Waals surface area contributed by atoms with Crippen molar-refractivity contribution in [1.29, 1.82) is 0 Å². The van der Waals surface area contributed by atoms with Crippen LogP contribution in [0.15, 0.2) is 44.7 Å². The largest absolute Gasteiger partial charge is 0.380 e. The van der Waals surface area contributed by atoms with Crippen molar-refractivity contribution in [2.75, 3.05) is 5.73 Å². The molecular formula is C14H11BrN2OS. The molecule has 19 heavy (non-hydrogen) atoms. The van der Waals surface area contributed by atoms with E-state index >= 15 is 0 Å². The summed E-state index contributed by atoms with van der Waals surface area (Å²) < 4.78 is 6.45. The maximum Gasteiger partial charge on any atom is 0.178 e. The van der Waals surface area contributed by atoms with Gasteiger partial charge in [-0.1, -0.05) is 23.4 Å². The van der Waals surface area contributed by atoms with Crippen molar-refractivity contribution in [2.24, 2.45) is 0 Å². The Balaban J connectivity index is 2.25. The summed E-state index contributed by atoms with van der Waals surface area (Å²) in [6.45, 7) is 2.04. The van der Waals surface area contributed by atoms with E-state index in [2.05, 4.69) is 21.1 Å². The molecule has 0 radical (unpaired) electrons. The lowest BCUT2D eigenvalue weighted by atomic mass is 10.1. The van der Waals surface area contributed by atoms with Crippen LogP contribution in [0.1, 0.15) is 5.56 Å². The average Bonchev–Trinajstić information content (AvgIpc) is 3.02. The van der Waals surface area contributed by atoms with Gasteiger partial charge in [-0.25, -0.2) is 0 Å². The van der Waals surface area contributed by atoms with Crippen molar-refractivity contribution in [2.45, 2.75) is 6.92 Å². The monoisotopic (exact) mass is 334 g/mol. The number of nitrogens with two attached hydrogens (primary N) is 1. The van der Waals surface area contributed by atoms with Gasteiger partial charge in [0.1, 0.15) is 0 Å². The number of thiophene rings is 1. The lowest BCUT2D eigenvalue weighted by Crippen LogP contribution is -1.88. The van der Waals surface area contributed by atoms with Crippen LogP contribution < -0.4 is 5.73 Å². The highest BCUT2D eigenvalue weighted by Gasteiger charge is 2.20. The molecule has 0 fully saturated rings. The number of rotatable bonds is 2. The summed E-state index contributed by atoms with van der Waals surface area (Å²) in [5, 5.41) is 5.92. The first kappa shape index (κ1) is 12.4. The second-order valence-electron chi connectivity index (χ2n) is 4.19.